The molecule has 0 aliphatic carbocycles. The number of hydrogen-bond donors (Lipinski definition) is 0. The maximum atomic E-state index is 6.14. The Kier molecular flexibility index (Phi) is 4.84. The molecule has 4 rings (SSSR count). The van der Waals surface area contributed by atoms with E-state index < -0.39 is 0 Å². The van der Waals surface area contributed by atoms with Crippen molar-refractivity contribution >= 4 is 28.2 Å². The van der Waals surface area contributed by atoms with Crippen LogP contribution in [0.4, 0.5) is 5.69 Å². The largest absolute Gasteiger partial charge is 0.378 e. The van der Waals surface area contributed by atoms with Crippen molar-refractivity contribution in [2.75, 3.05) is 32.1 Å². The van der Waals surface area contributed by atoms with Gasteiger partial charge in [-0.3, -0.25) is 9.88 Å². The van der Waals surface area contributed by atoms with Gasteiger partial charge in [-0.2, -0.15) is 0 Å². The minimum Gasteiger partial charge on any atom is -0.378 e. The van der Waals surface area contributed by atoms with Gasteiger partial charge in [0.1, 0.15) is 0 Å². The molecule has 1 aliphatic heterocycles. The van der Waals surface area contributed by atoms with Crippen molar-refractivity contribution < 1.29 is 0 Å². The smallest absolute Gasteiger partial charge is 0.0706 e. The topological polar surface area (TPSA) is 19.4 Å². The van der Waals surface area contributed by atoms with E-state index >= 15 is 0 Å². The van der Waals surface area contributed by atoms with Crippen molar-refractivity contribution in [1.29, 1.82) is 0 Å². The molecule has 0 atom stereocenters. The van der Waals surface area contributed by atoms with Gasteiger partial charge in [0.2, 0.25) is 0 Å². The summed E-state index contributed by atoms with van der Waals surface area (Å²) in [6.45, 7) is 3.13. The van der Waals surface area contributed by atoms with Crippen LogP contribution in [0.5, 0.6) is 0 Å². The van der Waals surface area contributed by atoms with Crippen LogP contribution in [0.2, 0.25) is 5.02 Å². The molecule has 0 spiro atoms. The van der Waals surface area contributed by atoms with Crippen LogP contribution in [0.3, 0.4) is 0 Å². The molecule has 26 heavy (non-hydrogen) atoms. The lowest BCUT2D eigenvalue weighted by Crippen LogP contribution is -2.32. The second-order valence-electron chi connectivity index (χ2n) is 7.27. The first-order chi connectivity index (χ1) is 12.6. The van der Waals surface area contributed by atoms with Crippen molar-refractivity contribution in [1.82, 2.24) is 9.88 Å². The molecular weight excluding hydrogens is 342 g/mol. The Bertz CT molecular complexity index is 919. The van der Waals surface area contributed by atoms with Crippen LogP contribution >= 0.6 is 11.6 Å². The first-order valence-corrected chi connectivity index (χ1v) is 9.53. The van der Waals surface area contributed by atoms with Crippen LogP contribution < -0.4 is 4.90 Å². The summed E-state index contributed by atoms with van der Waals surface area (Å²) in [6.07, 6.45) is 2.10. The number of aromatic nitrogens is 1. The Balaban J connectivity index is 1.44. The first kappa shape index (κ1) is 17.3. The normalized spacial score (nSPS) is 14.4. The van der Waals surface area contributed by atoms with Crippen molar-refractivity contribution in [3.8, 4) is 0 Å². The maximum absolute atomic E-state index is 6.14. The Morgan fingerprint density at radius 3 is 2.65 bits per heavy atom. The molecule has 0 amide bonds. The van der Waals surface area contributed by atoms with Gasteiger partial charge in [0.05, 0.1) is 5.52 Å². The molecule has 0 saturated carbocycles. The second kappa shape index (κ2) is 7.26. The third kappa shape index (κ3) is 3.69. The van der Waals surface area contributed by atoms with Gasteiger partial charge in [0, 0.05) is 61.9 Å². The van der Waals surface area contributed by atoms with E-state index in [1.807, 2.05) is 18.2 Å². The Hall–Kier alpha value is -2.10. The monoisotopic (exact) mass is 365 g/mol. The van der Waals surface area contributed by atoms with Crippen LogP contribution in [0, 0.1) is 0 Å². The number of pyridine rings is 1. The first-order valence-electron chi connectivity index (χ1n) is 9.15. The summed E-state index contributed by atoms with van der Waals surface area (Å²) < 4.78 is 0. The predicted molar refractivity (Wildman–Crippen MR) is 110 cm³/mol. The van der Waals surface area contributed by atoms with E-state index in [0.29, 0.717) is 0 Å². The quantitative estimate of drug-likeness (QED) is 0.675. The van der Waals surface area contributed by atoms with Gasteiger partial charge in [-0.25, -0.2) is 0 Å². The Labute approximate surface area is 160 Å². The summed E-state index contributed by atoms with van der Waals surface area (Å²) in [5, 5.41) is 1.91. The summed E-state index contributed by atoms with van der Waals surface area (Å²) in [7, 11) is 4.15. The van der Waals surface area contributed by atoms with Gasteiger partial charge in [-0.1, -0.05) is 23.7 Å². The zero-order chi connectivity index (χ0) is 18.1. The van der Waals surface area contributed by atoms with Crippen LogP contribution in [0.15, 0.2) is 48.5 Å². The lowest BCUT2D eigenvalue weighted by Gasteiger charge is -2.28. The van der Waals surface area contributed by atoms with E-state index in [-0.39, 0.29) is 0 Å². The van der Waals surface area contributed by atoms with Crippen LogP contribution in [0.1, 0.15) is 16.8 Å². The average Bonchev–Trinajstić information content (AvgIpc) is 2.65. The lowest BCUT2D eigenvalue weighted by atomic mass is 10.0. The van der Waals surface area contributed by atoms with Crippen LogP contribution in [-0.4, -0.2) is 37.1 Å². The number of benzene rings is 2. The minimum atomic E-state index is 0.771. The van der Waals surface area contributed by atoms with Crippen molar-refractivity contribution in [2.24, 2.45) is 0 Å². The van der Waals surface area contributed by atoms with Crippen LogP contribution in [0.25, 0.3) is 10.9 Å². The standard InChI is InChI=1S/C22H24ClN3/c1-25(2)20-6-3-16(4-7-20)9-11-26-12-10-22-18(15-26)13-17-14-19(23)5-8-21(17)24-22/h3-8,13-14H,9-12,15H2,1-2H3. The number of halogens is 1. The minimum absolute atomic E-state index is 0.771. The number of fused-ring (bicyclic) bond motifs is 2. The van der Waals surface area contributed by atoms with Gasteiger partial charge in [0.15, 0.2) is 0 Å². The van der Waals surface area contributed by atoms with Gasteiger partial charge in [-0.15, -0.1) is 0 Å². The van der Waals surface area contributed by atoms with Gasteiger partial charge in [-0.05, 0) is 53.9 Å². The fraction of sp³-hybridized carbons (Fsp3) is 0.318. The summed E-state index contributed by atoms with van der Waals surface area (Å²) >= 11 is 6.14. The lowest BCUT2D eigenvalue weighted by molar-refractivity contribution is 0.255. The fourth-order valence-corrected chi connectivity index (χ4v) is 3.79. The van der Waals surface area contributed by atoms with Crippen molar-refractivity contribution in [3.63, 3.8) is 0 Å². The summed E-state index contributed by atoms with van der Waals surface area (Å²) in [5.74, 6) is 0. The number of anilines is 1. The van der Waals surface area contributed by atoms with E-state index in [4.69, 9.17) is 16.6 Å². The number of nitrogens with zero attached hydrogens (tertiary/aromatic N) is 3. The molecular formula is C22H24ClN3. The van der Waals surface area contributed by atoms with Crippen molar-refractivity contribution in [3.05, 3.63) is 70.4 Å². The average molecular weight is 366 g/mol. The van der Waals surface area contributed by atoms with Gasteiger partial charge in [0.25, 0.3) is 0 Å². The van der Waals surface area contributed by atoms with E-state index in [0.717, 1.165) is 48.4 Å². The third-order valence-electron chi connectivity index (χ3n) is 5.17. The molecule has 3 nitrogen and oxygen atoms in total. The molecule has 2 aromatic carbocycles. The van der Waals surface area contributed by atoms with E-state index in [9.17, 15) is 0 Å². The zero-order valence-corrected chi connectivity index (χ0v) is 16.1. The molecule has 134 valence electrons. The highest BCUT2D eigenvalue weighted by atomic mass is 35.5. The van der Waals surface area contributed by atoms with Crippen LogP contribution in [-0.2, 0) is 19.4 Å². The van der Waals surface area contributed by atoms with Gasteiger partial charge < -0.3 is 4.90 Å². The summed E-state index contributed by atoms with van der Waals surface area (Å²) in [4.78, 5) is 9.51. The SMILES string of the molecule is CN(C)c1ccc(CCN2CCc3nc4ccc(Cl)cc4cc3C2)cc1. The molecule has 3 aromatic rings. The number of rotatable bonds is 4. The maximum Gasteiger partial charge on any atom is 0.0706 e. The predicted octanol–water partition coefficient (Wildman–Crippen LogP) is 4.56. The number of hydrogen-bond acceptors (Lipinski definition) is 3. The molecule has 0 bridgehead atoms. The molecule has 0 unspecified atom stereocenters. The molecule has 4 heteroatoms. The summed E-state index contributed by atoms with van der Waals surface area (Å²) in [5.41, 5.74) is 6.27. The molecule has 0 radical (unpaired) electrons. The summed E-state index contributed by atoms with van der Waals surface area (Å²) in [6, 6.07) is 17.1. The molecule has 1 aromatic heterocycles. The Morgan fingerprint density at radius 2 is 1.88 bits per heavy atom. The van der Waals surface area contributed by atoms with Crippen molar-refractivity contribution in [2.45, 2.75) is 19.4 Å². The van der Waals surface area contributed by atoms with Gasteiger partial charge >= 0.3 is 0 Å². The van der Waals surface area contributed by atoms with E-state index in [1.54, 1.807) is 0 Å². The van der Waals surface area contributed by atoms with E-state index in [1.165, 1.54) is 22.5 Å². The molecule has 0 N–H and O–H groups in total. The molecule has 0 saturated heterocycles. The molecule has 1 aliphatic rings. The Morgan fingerprint density at radius 1 is 1.08 bits per heavy atom. The molecule has 2 heterocycles. The fourth-order valence-electron chi connectivity index (χ4n) is 3.61. The third-order valence-corrected chi connectivity index (χ3v) is 5.41. The highest BCUT2D eigenvalue weighted by molar-refractivity contribution is 6.31. The second-order valence-corrected chi connectivity index (χ2v) is 7.70. The van der Waals surface area contributed by atoms with E-state index in [2.05, 4.69) is 54.2 Å². The highest BCUT2D eigenvalue weighted by Crippen LogP contribution is 2.25. The highest BCUT2D eigenvalue weighted by Gasteiger charge is 2.18. The zero-order valence-electron chi connectivity index (χ0n) is 15.4. The molecule has 0 fully saturated rings.